The van der Waals surface area contributed by atoms with Crippen LogP contribution in [-0.4, -0.2) is 134 Å². The van der Waals surface area contributed by atoms with Crippen LogP contribution < -0.4 is 0 Å². The summed E-state index contributed by atoms with van der Waals surface area (Å²) >= 11 is 0. The van der Waals surface area contributed by atoms with Gasteiger partial charge in [-0.1, -0.05) is 20.1 Å². The van der Waals surface area contributed by atoms with Crippen LogP contribution >= 0.6 is 0 Å². The molecule has 0 aromatic carbocycles. The molecule has 12 nitrogen and oxygen atoms in total. The standard InChI is InChI=1S/C41H62O12/c1-21-12-26-6-8-30-22(2)13-28(47-30)10-11-41-19-37(45-4)40(53-41)35-18-36(52-41)39-31(50-35)9-7-27(49-39)14-24(43)15-29-33(17-32(48-26)23(21)3)51-34(38(29)46-5)16-25(44)20-42/h21,25-40,42,44H,2-3,6-20H2,1,4-5H3/t21-,25+,26+,27-,28?,29+,30?,31+,32?,33?,34?,35-,36-,37-,38-,39+,40-,41-/m1/s1. The van der Waals surface area contributed by atoms with Gasteiger partial charge in [0.25, 0.3) is 0 Å². The molecule has 8 heterocycles. The van der Waals surface area contributed by atoms with Crippen molar-refractivity contribution in [2.45, 2.75) is 194 Å². The first-order chi connectivity index (χ1) is 25.5. The van der Waals surface area contributed by atoms with E-state index in [2.05, 4.69) is 20.1 Å². The number of methoxy groups -OCH3 is 2. The number of aliphatic hydroxyl groups is 2. The molecule has 10 bridgehead atoms. The van der Waals surface area contributed by atoms with Crippen LogP contribution in [0.4, 0.5) is 0 Å². The van der Waals surface area contributed by atoms with Crippen molar-refractivity contribution in [1.29, 1.82) is 0 Å². The van der Waals surface area contributed by atoms with E-state index in [9.17, 15) is 15.0 Å². The molecule has 18 atom stereocenters. The van der Waals surface area contributed by atoms with E-state index in [0.717, 1.165) is 49.7 Å². The predicted octanol–water partition coefficient (Wildman–Crippen LogP) is 4.11. The summed E-state index contributed by atoms with van der Waals surface area (Å²) in [6.45, 7) is 10.7. The van der Waals surface area contributed by atoms with Gasteiger partial charge in [0.2, 0.25) is 0 Å². The fourth-order valence-electron chi connectivity index (χ4n) is 11.0. The van der Waals surface area contributed by atoms with E-state index in [1.807, 2.05) is 0 Å². The van der Waals surface area contributed by atoms with Gasteiger partial charge in [-0.05, 0) is 62.0 Å². The fourth-order valence-corrected chi connectivity index (χ4v) is 11.0. The minimum atomic E-state index is -0.950. The number of Topliss-reactive ketones (excluding diaryl/α,β-unsaturated/α-hetero) is 1. The number of ether oxygens (including phenoxy) is 9. The van der Waals surface area contributed by atoms with Crippen molar-refractivity contribution in [3.63, 3.8) is 0 Å². The molecule has 0 radical (unpaired) electrons. The number of ketones is 1. The van der Waals surface area contributed by atoms with Crippen molar-refractivity contribution >= 4 is 5.78 Å². The van der Waals surface area contributed by atoms with Gasteiger partial charge in [0.05, 0.1) is 86.0 Å². The maximum Gasteiger partial charge on any atom is 0.172 e. The van der Waals surface area contributed by atoms with Crippen molar-refractivity contribution in [3.8, 4) is 0 Å². The molecule has 0 aliphatic carbocycles. The lowest BCUT2D eigenvalue weighted by atomic mass is 9.81. The fraction of sp³-hybridized carbons (Fsp3) is 0.878. The van der Waals surface area contributed by atoms with Gasteiger partial charge in [0.1, 0.15) is 18.0 Å². The van der Waals surface area contributed by atoms with E-state index in [-0.39, 0.29) is 117 Å². The maximum atomic E-state index is 14.0. The number of aliphatic hydroxyl groups excluding tert-OH is 2. The number of rotatable bonds is 5. The summed E-state index contributed by atoms with van der Waals surface area (Å²) in [7, 11) is 3.37. The minimum Gasteiger partial charge on any atom is -0.394 e. The quantitative estimate of drug-likeness (QED) is 0.392. The molecule has 8 aliphatic heterocycles. The summed E-state index contributed by atoms with van der Waals surface area (Å²) in [5, 5.41) is 20.1. The Balaban J connectivity index is 1.06. The van der Waals surface area contributed by atoms with E-state index < -0.39 is 24.1 Å². The Labute approximate surface area is 314 Å². The van der Waals surface area contributed by atoms with Gasteiger partial charge in [-0.2, -0.15) is 0 Å². The van der Waals surface area contributed by atoms with Crippen molar-refractivity contribution < 1.29 is 57.6 Å². The smallest absolute Gasteiger partial charge is 0.172 e. The molecule has 12 heteroatoms. The molecule has 298 valence electrons. The van der Waals surface area contributed by atoms with Crippen molar-refractivity contribution in [2.75, 3.05) is 20.8 Å². The molecule has 1 spiro atoms. The van der Waals surface area contributed by atoms with Gasteiger partial charge in [-0.3, -0.25) is 4.79 Å². The molecule has 2 N–H and O–H groups in total. The summed E-state index contributed by atoms with van der Waals surface area (Å²) in [6, 6.07) is 0. The molecule has 8 fully saturated rings. The summed E-state index contributed by atoms with van der Waals surface area (Å²) < 4.78 is 59.3. The van der Waals surface area contributed by atoms with Crippen molar-refractivity contribution in [2.24, 2.45) is 11.8 Å². The lowest BCUT2D eigenvalue weighted by Gasteiger charge is -2.47. The van der Waals surface area contributed by atoms with Crippen molar-refractivity contribution in [1.82, 2.24) is 0 Å². The van der Waals surface area contributed by atoms with Gasteiger partial charge in [0, 0.05) is 65.1 Å². The van der Waals surface area contributed by atoms with Crippen LogP contribution in [0, 0.1) is 11.8 Å². The normalized spacial score (nSPS) is 49.6. The second kappa shape index (κ2) is 15.9. The number of hydrogen-bond acceptors (Lipinski definition) is 12. The number of fused-ring (bicyclic) bond motifs is 9. The maximum absolute atomic E-state index is 14.0. The molecule has 5 unspecified atom stereocenters. The SMILES string of the molecule is C=C1CC2CC[C@]34C[C@@H](OC)[C@H](O3)[C@H]3C[C@@H](O4)[C@H]4O[C@H](CC[C@@H]4O3)CC(=O)C[C@H]3C(CC4O[C@@H](CCC1O2)C[C@@H](C)C4=C)OC(C[C@H](O)CO)[C@@H]3OC. The Morgan fingerprint density at radius 3 is 2.38 bits per heavy atom. The zero-order valence-corrected chi connectivity index (χ0v) is 31.8. The average molecular weight is 747 g/mol. The Morgan fingerprint density at radius 2 is 1.58 bits per heavy atom. The Kier molecular flexibility index (Phi) is 11.6. The van der Waals surface area contributed by atoms with Gasteiger partial charge < -0.3 is 52.8 Å². The van der Waals surface area contributed by atoms with Crippen LogP contribution in [-0.2, 0) is 47.4 Å². The van der Waals surface area contributed by atoms with Gasteiger partial charge in [0.15, 0.2) is 5.79 Å². The summed E-state index contributed by atoms with van der Waals surface area (Å²) in [5.41, 5.74) is 2.16. The molecular formula is C41H62O12. The van der Waals surface area contributed by atoms with E-state index in [4.69, 9.17) is 42.6 Å². The molecule has 8 aliphatic rings. The van der Waals surface area contributed by atoms with Gasteiger partial charge in [-0.25, -0.2) is 0 Å². The number of hydrogen-bond donors (Lipinski definition) is 2. The van der Waals surface area contributed by atoms with Crippen molar-refractivity contribution in [3.05, 3.63) is 24.3 Å². The number of carbonyl (C=O) groups is 1. The lowest BCUT2D eigenvalue weighted by Crippen LogP contribution is -2.58. The summed E-state index contributed by atoms with van der Waals surface area (Å²) in [4.78, 5) is 14.0. The second-order valence-corrected chi connectivity index (χ2v) is 17.4. The van der Waals surface area contributed by atoms with E-state index in [1.165, 1.54) is 0 Å². The van der Waals surface area contributed by atoms with Crippen LogP contribution in [0.2, 0.25) is 0 Å². The highest BCUT2D eigenvalue weighted by molar-refractivity contribution is 5.79. The van der Waals surface area contributed by atoms with Crippen LogP contribution in [0.1, 0.15) is 96.8 Å². The molecule has 53 heavy (non-hydrogen) atoms. The van der Waals surface area contributed by atoms with Crippen LogP contribution in [0.25, 0.3) is 0 Å². The predicted molar refractivity (Wildman–Crippen MR) is 191 cm³/mol. The molecule has 0 saturated carbocycles. The Hall–Kier alpha value is -1.29. The minimum absolute atomic E-state index is 0.0235. The highest BCUT2D eigenvalue weighted by atomic mass is 16.7. The monoisotopic (exact) mass is 746 g/mol. The summed E-state index contributed by atoms with van der Waals surface area (Å²) in [6.07, 6.45) is 4.96. The van der Waals surface area contributed by atoms with E-state index >= 15 is 0 Å². The molecular weight excluding hydrogens is 684 g/mol. The molecule has 0 aromatic rings. The van der Waals surface area contributed by atoms with E-state index in [0.29, 0.717) is 32.1 Å². The average Bonchev–Trinajstić information content (AvgIpc) is 3.77. The highest BCUT2D eigenvalue weighted by Gasteiger charge is 2.60. The topological polar surface area (TPSA) is 141 Å². The molecule has 0 aromatic heterocycles. The molecule has 8 rings (SSSR count). The van der Waals surface area contributed by atoms with Crippen LogP contribution in [0.15, 0.2) is 24.3 Å². The van der Waals surface area contributed by atoms with Crippen LogP contribution in [0.3, 0.4) is 0 Å². The van der Waals surface area contributed by atoms with Gasteiger partial charge >= 0.3 is 0 Å². The largest absolute Gasteiger partial charge is 0.394 e. The third-order valence-corrected chi connectivity index (χ3v) is 13.8. The van der Waals surface area contributed by atoms with E-state index in [1.54, 1.807) is 14.2 Å². The first-order valence-corrected chi connectivity index (χ1v) is 20.4. The molecule has 8 saturated heterocycles. The Morgan fingerprint density at radius 1 is 0.792 bits per heavy atom. The van der Waals surface area contributed by atoms with Gasteiger partial charge in [-0.15, -0.1) is 0 Å². The lowest BCUT2D eigenvalue weighted by molar-refractivity contribution is -0.277. The first-order valence-electron chi connectivity index (χ1n) is 20.4. The second-order valence-electron chi connectivity index (χ2n) is 17.4. The zero-order chi connectivity index (χ0) is 37.0. The Bertz CT molecular complexity index is 1340. The third-order valence-electron chi connectivity index (χ3n) is 13.8. The highest BCUT2D eigenvalue weighted by Crippen LogP contribution is 2.50. The molecule has 0 amide bonds. The summed E-state index contributed by atoms with van der Waals surface area (Å²) in [5.74, 6) is -0.743. The zero-order valence-electron chi connectivity index (χ0n) is 31.8. The van der Waals surface area contributed by atoms with Crippen LogP contribution in [0.5, 0.6) is 0 Å². The third kappa shape index (κ3) is 7.86. The first kappa shape index (κ1) is 38.6. The number of carbonyl (C=O) groups excluding carboxylic acids is 1.